The highest BCUT2D eigenvalue weighted by Gasteiger charge is 2.12. The van der Waals surface area contributed by atoms with E-state index in [0.717, 1.165) is 20.5 Å². The van der Waals surface area contributed by atoms with Crippen LogP contribution in [0.5, 0.6) is 5.75 Å². The average molecular weight is 273 g/mol. The Morgan fingerprint density at radius 2 is 2.14 bits per heavy atom. The lowest BCUT2D eigenvalue weighted by molar-refractivity contribution is 0.285. The first kappa shape index (κ1) is 9.96. The van der Waals surface area contributed by atoms with Crippen molar-refractivity contribution in [3.8, 4) is 5.75 Å². The minimum Gasteiger partial charge on any atom is -0.506 e. The van der Waals surface area contributed by atoms with Crippen LogP contribution < -0.4 is 0 Å². The second-order valence-corrected chi connectivity index (χ2v) is 4.62. The normalized spacial score (nSPS) is 11.0. The molecule has 0 saturated carbocycles. The number of hydrogen-bond acceptors (Lipinski definition) is 3. The highest BCUT2D eigenvalue weighted by atomic mass is 79.9. The van der Waals surface area contributed by atoms with Crippen molar-refractivity contribution in [3.05, 3.63) is 28.6 Å². The topological polar surface area (TPSA) is 40.5 Å². The third-order valence-electron chi connectivity index (χ3n) is 2.16. The summed E-state index contributed by atoms with van der Waals surface area (Å²) >= 11 is 4.83. The van der Waals surface area contributed by atoms with Crippen molar-refractivity contribution in [1.29, 1.82) is 0 Å². The summed E-state index contributed by atoms with van der Waals surface area (Å²) in [7, 11) is 0. The molecule has 74 valence electrons. The van der Waals surface area contributed by atoms with Crippen LogP contribution in [0.25, 0.3) is 10.1 Å². The average Bonchev–Trinajstić information content (AvgIpc) is 2.57. The van der Waals surface area contributed by atoms with Gasteiger partial charge in [-0.25, -0.2) is 0 Å². The molecule has 14 heavy (non-hydrogen) atoms. The van der Waals surface area contributed by atoms with Gasteiger partial charge in [0.15, 0.2) is 0 Å². The Labute approximate surface area is 93.9 Å². The van der Waals surface area contributed by atoms with Crippen molar-refractivity contribution in [2.24, 2.45) is 0 Å². The van der Waals surface area contributed by atoms with E-state index in [2.05, 4.69) is 15.9 Å². The second-order valence-electron chi connectivity index (χ2n) is 2.95. The van der Waals surface area contributed by atoms with Gasteiger partial charge < -0.3 is 10.2 Å². The van der Waals surface area contributed by atoms with Gasteiger partial charge in [-0.15, -0.1) is 11.3 Å². The molecule has 0 atom stereocenters. The first-order valence-electron chi connectivity index (χ1n) is 4.17. The van der Waals surface area contributed by atoms with Crippen LogP contribution in [0.1, 0.15) is 10.4 Å². The highest BCUT2D eigenvalue weighted by molar-refractivity contribution is 9.08. The Morgan fingerprint density at radius 1 is 1.36 bits per heavy atom. The number of aliphatic hydroxyl groups is 1. The van der Waals surface area contributed by atoms with E-state index in [1.165, 1.54) is 11.3 Å². The summed E-state index contributed by atoms with van der Waals surface area (Å²) in [5.74, 6) is 0.286. The molecule has 2 aromatic rings. The third-order valence-corrected chi connectivity index (χ3v) is 3.97. The summed E-state index contributed by atoms with van der Waals surface area (Å²) in [4.78, 5) is 0.915. The van der Waals surface area contributed by atoms with Crippen LogP contribution >= 0.6 is 27.3 Å². The fourth-order valence-corrected chi connectivity index (χ4v) is 3.40. The zero-order valence-corrected chi connectivity index (χ0v) is 9.73. The number of fused-ring (bicyclic) bond motifs is 1. The Morgan fingerprint density at radius 3 is 2.79 bits per heavy atom. The number of benzene rings is 1. The van der Waals surface area contributed by atoms with Crippen molar-refractivity contribution >= 4 is 37.4 Å². The zero-order chi connectivity index (χ0) is 10.1. The molecule has 0 unspecified atom stereocenters. The fraction of sp³-hybridized carbons (Fsp3) is 0.200. The molecule has 0 saturated heterocycles. The highest BCUT2D eigenvalue weighted by Crippen LogP contribution is 2.37. The molecule has 0 aliphatic rings. The van der Waals surface area contributed by atoms with E-state index < -0.39 is 0 Å². The predicted molar refractivity (Wildman–Crippen MR) is 62.0 cm³/mol. The summed E-state index contributed by atoms with van der Waals surface area (Å²) in [6.45, 7) is 0.0275. The molecule has 2 nitrogen and oxygen atoms in total. The van der Waals surface area contributed by atoms with Crippen LogP contribution in [0, 0.1) is 0 Å². The van der Waals surface area contributed by atoms with Crippen LogP contribution in [0.4, 0.5) is 0 Å². The molecule has 0 amide bonds. The lowest BCUT2D eigenvalue weighted by Crippen LogP contribution is -1.83. The standard InChI is InChI=1S/C10H9BrO2S/c11-4-7-6-2-1-3-8(13)10(6)14-9(7)5-12/h1-3,12-13H,4-5H2. The van der Waals surface area contributed by atoms with Gasteiger partial charge in [0.25, 0.3) is 0 Å². The van der Waals surface area contributed by atoms with Crippen LogP contribution in [0.3, 0.4) is 0 Å². The van der Waals surface area contributed by atoms with Gasteiger partial charge in [0, 0.05) is 15.6 Å². The van der Waals surface area contributed by atoms with Crippen LogP contribution in [-0.2, 0) is 11.9 Å². The molecule has 1 aromatic carbocycles. The molecule has 0 radical (unpaired) electrons. The van der Waals surface area contributed by atoms with Crippen molar-refractivity contribution < 1.29 is 10.2 Å². The Hall–Kier alpha value is -0.580. The van der Waals surface area contributed by atoms with Gasteiger partial charge in [-0.3, -0.25) is 0 Å². The summed E-state index contributed by atoms with van der Waals surface area (Å²) in [6.07, 6.45) is 0. The van der Waals surface area contributed by atoms with E-state index in [-0.39, 0.29) is 12.4 Å². The van der Waals surface area contributed by atoms with Crippen LogP contribution in [0.2, 0.25) is 0 Å². The summed E-state index contributed by atoms with van der Waals surface area (Å²) in [6, 6.07) is 5.44. The molecule has 0 aliphatic carbocycles. The number of hydrogen-bond donors (Lipinski definition) is 2. The molecule has 0 spiro atoms. The number of phenolic OH excluding ortho intramolecular Hbond substituents is 1. The molecule has 4 heteroatoms. The van der Waals surface area contributed by atoms with E-state index in [4.69, 9.17) is 5.11 Å². The number of halogens is 1. The maximum atomic E-state index is 9.61. The Kier molecular flexibility index (Phi) is 2.76. The van der Waals surface area contributed by atoms with E-state index in [9.17, 15) is 5.11 Å². The van der Waals surface area contributed by atoms with Crippen LogP contribution in [-0.4, -0.2) is 10.2 Å². The molecular formula is C10H9BrO2S. The maximum Gasteiger partial charge on any atom is 0.133 e. The lowest BCUT2D eigenvalue weighted by atomic mass is 10.1. The molecule has 0 aliphatic heterocycles. The van der Waals surface area contributed by atoms with Gasteiger partial charge >= 0.3 is 0 Å². The number of rotatable bonds is 2. The third kappa shape index (κ3) is 1.43. The molecule has 0 fully saturated rings. The lowest BCUT2D eigenvalue weighted by Gasteiger charge is -1.96. The van der Waals surface area contributed by atoms with E-state index in [0.29, 0.717) is 5.33 Å². The van der Waals surface area contributed by atoms with Gasteiger partial charge in [0.1, 0.15) is 5.75 Å². The van der Waals surface area contributed by atoms with Gasteiger partial charge in [0.2, 0.25) is 0 Å². The van der Waals surface area contributed by atoms with E-state index >= 15 is 0 Å². The second kappa shape index (κ2) is 3.88. The molecule has 1 heterocycles. The SMILES string of the molecule is OCc1sc2c(O)cccc2c1CBr. The quantitative estimate of drug-likeness (QED) is 0.826. The van der Waals surface area contributed by atoms with Gasteiger partial charge in [-0.05, 0) is 11.6 Å². The van der Waals surface area contributed by atoms with Gasteiger partial charge in [0.05, 0.1) is 11.3 Å². The van der Waals surface area contributed by atoms with Crippen LogP contribution in [0.15, 0.2) is 18.2 Å². The number of thiophene rings is 1. The molecule has 1 aromatic heterocycles. The van der Waals surface area contributed by atoms with Crippen molar-refractivity contribution in [2.75, 3.05) is 0 Å². The first-order chi connectivity index (χ1) is 6.77. The van der Waals surface area contributed by atoms with Crippen molar-refractivity contribution in [1.82, 2.24) is 0 Å². The first-order valence-corrected chi connectivity index (χ1v) is 6.10. The maximum absolute atomic E-state index is 9.61. The Balaban J connectivity index is 2.79. The number of phenols is 1. The summed E-state index contributed by atoms with van der Waals surface area (Å²) < 4.78 is 0.853. The monoisotopic (exact) mass is 272 g/mol. The number of alkyl halides is 1. The van der Waals surface area contributed by atoms with E-state index in [1.54, 1.807) is 6.07 Å². The van der Waals surface area contributed by atoms with E-state index in [1.807, 2.05) is 12.1 Å². The molecule has 0 bridgehead atoms. The smallest absolute Gasteiger partial charge is 0.133 e. The summed E-state index contributed by atoms with van der Waals surface area (Å²) in [5.41, 5.74) is 1.07. The van der Waals surface area contributed by atoms with Crippen molar-refractivity contribution in [3.63, 3.8) is 0 Å². The van der Waals surface area contributed by atoms with Gasteiger partial charge in [-0.1, -0.05) is 28.1 Å². The Bertz CT molecular complexity index is 464. The molecular weight excluding hydrogens is 264 g/mol. The summed E-state index contributed by atoms with van der Waals surface area (Å²) in [5, 5.41) is 20.5. The largest absolute Gasteiger partial charge is 0.506 e. The number of aromatic hydroxyl groups is 1. The predicted octanol–water partition coefficient (Wildman–Crippen LogP) is 2.99. The van der Waals surface area contributed by atoms with Crippen molar-refractivity contribution in [2.45, 2.75) is 11.9 Å². The molecule has 2 N–H and O–H groups in total. The minimum atomic E-state index is 0.0275. The molecule has 2 rings (SSSR count). The van der Waals surface area contributed by atoms with Gasteiger partial charge in [-0.2, -0.15) is 0 Å². The zero-order valence-electron chi connectivity index (χ0n) is 7.33. The minimum absolute atomic E-state index is 0.0275. The fourth-order valence-electron chi connectivity index (χ4n) is 1.48. The number of aliphatic hydroxyl groups excluding tert-OH is 1.